The van der Waals surface area contributed by atoms with Gasteiger partial charge in [-0.05, 0) is 123 Å². The lowest BCUT2D eigenvalue weighted by Gasteiger charge is -2.19. The second-order valence-electron chi connectivity index (χ2n) is 14.3. The number of aromatic carboxylic acids is 1. The summed E-state index contributed by atoms with van der Waals surface area (Å²) in [6.07, 6.45) is 4.63. The minimum Gasteiger partial charge on any atom is -0.478 e. The summed E-state index contributed by atoms with van der Waals surface area (Å²) >= 11 is 0. The van der Waals surface area contributed by atoms with Gasteiger partial charge in [-0.15, -0.1) is 0 Å². The zero-order chi connectivity index (χ0) is 34.7. The topological polar surface area (TPSA) is 99.2 Å². The normalized spacial score (nSPS) is 11.7. The van der Waals surface area contributed by atoms with Gasteiger partial charge in [0.15, 0.2) is 0 Å². The van der Waals surface area contributed by atoms with Gasteiger partial charge in [-0.25, -0.2) is 9.59 Å². The zero-order valence-electron chi connectivity index (χ0n) is 30.0. The summed E-state index contributed by atoms with van der Waals surface area (Å²) in [5, 5.41) is 18.7. The second kappa shape index (κ2) is 14.1. The van der Waals surface area contributed by atoms with Crippen LogP contribution in [0, 0.1) is 41.5 Å². The first-order valence-corrected chi connectivity index (χ1v) is 15.9. The van der Waals surface area contributed by atoms with E-state index in [0.717, 1.165) is 11.3 Å². The fourth-order valence-corrected chi connectivity index (χ4v) is 5.64. The average molecular weight is 629 g/mol. The molecule has 4 rings (SSSR count). The Morgan fingerprint density at radius 3 is 1.35 bits per heavy atom. The molecule has 0 aliphatic rings. The molecule has 0 saturated carbocycles. The van der Waals surface area contributed by atoms with E-state index >= 15 is 0 Å². The Hall–Kier alpha value is -4.20. The number of carbonyl (C=O) groups is 2. The summed E-state index contributed by atoms with van der Waals surface area (Å²) < 4.78 is 8.81. The lowest BCUT2D eigenvalue weighted by atomic mass is 9.95. The standard InChI is InChI=1S/C20H28N2O2.C18H24N2O2/c1-8-24-19(23)17-12-22(20(5,6)7)21-18(17)11-16-14(3)9-13(2)10-15(16)4;1-11-7-12(2)14(13(3)8-11)9-16-15(17(21)22)10-20(19-16)18(4,5)6/h9-10,12H,8,11H2,1-7H3;7-8,10H,9H2,1-6H3,(H,21,22). The van der Waals surface area contributed by atoms with Crippen molar-refractivity contribution in [2.45, 2.75) is 114 Å². The lowest BCUT2D eigenvalue weighted by molar-refractivity contribution is 0.0524. The van der Waals surface area contributed by atoms with Crippen LogP contribution < -0.4 is 0 Å². The summed E-state index contributed by atoms with van der Waals surface area (Å²) in [5.41, 5.74) is 11.5. The molecule has 8 nitrogen and oxygen atoms in total. The number of hydrogen-bond acceptors (Lipinski definition) is 5. The molecule has 0 aliphatic heterocycles. The van der Waals surface area contributed by atoms with Crippen LogP contribution in [0.5, 0.6) is 0 Å². The second-order valence-corrected chi connectivity index (χ2v) is 14.3. The van der Waals surface area contributed by atoms with E-state index in [9.17, 15) is 14.7 Å². The van der Waals surface area contributed by atoms with Gasteiger partial charge >= 0.3 is 11.9 Å². The quantitative estimate of drug-likeness (QED) is 0.207. The molecule has 2 aromatic carbocycles. The molecule has 0 spiro atoms. The number of carboxylic acids is 1. The molecule has 0 fully saturated rings. The van der Waals surface area contributed by atoms with Crippen molar-refractivity contribution in [2.75, 3.05) is 6.61 Å². The van der Waals surface area contributed by atoms with Crippen molar-refractivity contribution in [1.82, 2.24) is 19.6 Å². The first-order valence-electron chi connectivity index (χ1n) is 15.9. The van der Waals surface area contributed by atoms with Gasteiger partial charge < -0.3 is 9.84 Å². The molecule has 4 aromatic rings. The molecule has 0 saturated heterocycles. The van der Waals surface area contributed by atoms with Gasteiger partial charge in [0.05, 0.1) is 29.1 Å². The molecule has 0 amide bonds. The van der Waals surface area contributed by atoms with Crippen molar-refractivity contribution in [3.63, 3.8) is 0 Å². The van der Waals surface area contributed by atoms with E-state index in [-0.39, 0.29) is 22.6 Å². The highest BCUT2D eigenvalue weighted by molar-refractivity contribution is 5.90. The maximum atomic E-state index is 12.3. The maximum absolute atomic E-state index is 12.3. The average Bonchev–Trinajstić information content (AvgIpc) is 3.54. The maximum Gasteiger partial charge on any atom is 0.341 e. The Kier molecular flexibility index (Phi) is 11.1. The van der Waals surface area contributed by atoms with Gasteiger partial charge in [-0.2, -0.15) is 10.2 Å². The molecule has 46 heavy (non-hydrogen) atoms. The largest absolute Gasteiger partial charge is 0.478 e. The Morgan fingerprint density at radius 1 is 0.674 bits per heavy atom. The Bertz CT molecular complexity index is 1680. The first kappa shape index (κ1) is 36.3. The van der Waals surface area contributed by atoms with Crippen LogP contribution in [0.15, 0.2) is 36.7 Å². The molecule has 2 aromatic heterocycles. The monoisotopic (exact) mass is 628 g/mol. The summed E-state index contributed by atoms with van der Waals surface area (Å²) in [7, 11) is 0. The van der Waals surface area contributed by atoms with Crippen molar-refractivity contribution in [1.29, 1.82) is 0 Å². The van der Waals surface area contributed by atoms with E-state index in [0.29, 0.717) is 30.7 Å². The molecule has 0 unspecified atom stereocenters. The molecular formula is C38H52N4O4. The molecule has 1 N–H and O–H groups in total. The molecule has 248 valence electrons. The van der Waals surface area contributed by atoms with Gasteiger partial charge in [0.1, 0.15) is 11.1 Å². The van der Waals surface area contributed by atoms with Crippen molar-refractivity contribution in [2.24, 2.45) is 0 Å². The third kappa shape index (κ3) is 8.74. The molecular weight excluding hydrogens is 576 g/mol. The number of nitrogens with zero attached hydrogens (tertiary/aromatic N) is 4. The number of rotatable bonds is 7. The van der Waals surface area contributed by atoms with Crippen molar-refractivity contribution >= 4 is 11.9 Å². The van der Waals surface area contributed by atoms with E-state index < -0.39 is 5.97 Å². The van der Waals surface area contributed by atoms with Gasteiger partial charge in [0.2, 0.25) is 0 Å². The smallest absolute Gasteiger partial charge is 0.341 e. The lowest BCUT2D eigenvalue weighted by Crippen LogP contribution is -2.22. The van der Waals surface area contributed by atoms with Gasteiger partial charge in [0, 0.05) is 25.2 Å². The van der Waals surface area contributed by atoms with Crippen molar-refractivity contribution < 1.29 is 19.4 Å². The summed E-state index contributed by atoms with van der Waals surface area (Å²) in [6, 6.07) is 8.60. The van der Waals surface area contributed by atoms with Crippen LogP contribution >= 0.6 is 0 Å². The van der Waals surface area contributed by atoms with Crippen LogP contribution in [0.3, 0.4) is 0 Å². The highest BCUT2D eigenvalue weighted by Crippen LogP contribution is 2.25. The van der Waals surface area contributed by atoms with Crippen molar-refractivity contribution in [3.05, 3.63) is 104 Å². The highest BCUT2D eigenvalue weighted by atomic mass is 16.5. The molecule has 0 radical (unpaired) electrons. The van der Waals surface area contributed by atoms with Crippen molar-refractivity contribution in [3.8, 4) is 0 Å². The third-order valence-electron chi connectivity index (χ3n) is 8.05. The van der Waals surface area contributed by atoms with Crippen LogP contribution in [0.4, 0.5) is 0 Å². The number of benzene rings is 2. The van der Waals surface area contributed by atoms with Gasteiger partial charge in [-0.3, -0.25) is 9.36 Å². The van der Waals surface area contributed by atoms with E-state index in [1.807, 2.05) is 38.6 Å². The SMILES string of the molecule is CCOC(=O)c1cn(C(C)(C)C)nc1Cc1c(C)cc(C)cc1C.Cc1cc(C)c(Cc2nn(C(C)(C)C)cc2C(=O)O)c(C)c1. The highest BCUT2D eigenvalue weighted by Gasteiger charge is 2.24. The number of ether oxygens (including phenoxy) is 1. The number of carbonyl (C=O) groups excluding carboxylic acids is 1. The summed E-state index contributed by atoms with van der Waals surface area (Å²) in [6.45, 7) is 27.0. The number of aryl methyl sites for hydroxylation is 6. The minimum absolute atomic E-state index is 0.184. The number of esters is 1. The molecule has 0 bridgehead atoms. The van der Waals surface area contributed by atoms with Crippen LogP contribution in [0.25, 0.3) is 0 Å². The first-order chi connectivity index (χ1) is 21.2. The summed E-state index contributed by atoms with van der Waals surface area (Å²) in [5.74, 6) is -1.22. The Labute approximate surface area is 274 Å². The van der Waals surface area contributed by atoms with Gasteiger partial charge in [0.25, 0.3) is 0 Å². The number of hydrogen-bond donors (Lipinski definition) is 1. The molecule has 8 heteroatoms. The van der Waals surface area contributed by atoms with E-state index in [4.69, 9.17) is 9.84 Å². The van der Waals surface area contributed by atoms with E-state index in [1.54, 1.807) is 10.9 Å². The van der Waals surface area contributed by atoms with Crippen LogP contribution in [-0.4, -0.2) is 43.2 Å². The summed E-state index contributed by atoms with van der Waals surface area (Å²) in [4.78, 5) is 23.9. The third-order valence-corrected chi connectivity index (χ3v) is 8.05. The van der Waals surface area contributed by atoms with Gasteiger partial charge in [-0.1, -0.05) is 35.4 Å². The van der Waals surface area contributed by atoms with Crippen LogP contribution in [0.1, 0.15) is 125 Å². The van der Waals surface area contributed by atoms with Crippen LogP contribution in [0.2, 0.25) is 0 Å². The molecule has 2 heterocycles. The van der Waals surface area contributed by atoms with E-state index in [1.165, 1.54) is 38.9 Å². The van der Waals surface area contributed by atoms with E-state index in [2.05, 4.69) is 91.7 Å². The van der Waals surface area contributed by atoms with Crippen LogP contribution in [-0.2, 0) is 28.7 Å². The fourth-order valence-electron chi connectivity index (χ4n) is 5.64. The predicted molar refractivity (Wildman–Crippen MR) is 184 cm³/mol. The number of carboxylic acid groups (broad SMARTS) is 1. The molecule has 0 atom stereocenters. The Morgan fingerprint density at radius 2 is 1.02 bits per heavy atom. The molecule has 0 aliphatic carbocycles. The zero-order valence-corrected chi connectivity index (χ0v) is 30.0. The predicted octanol–water partition coefficient (Wildman–Crippen LogP) is 8.18. The minimum atomic E-state index is -0.923. The number of aromatic nitrogens is 4. The Balaban J connectivity index is 0.000000251. The fraction of sp³-hybridized carbons (Fsp3) is 0.474.